The van der Waals surface area contributed by atoms with Crippen LogP contribution in [0.3, 0.4) is 0 Å². The maximum absolute atomic E-state index is 12.3. The van der Waals surface area contributed by atoms with E-state index in [0.717, 1.165) is 27.8 Å². The lowest BCUT2D eigenvalue weighted by molar-refractivity contribution is -0.132. The molecule has 0 aliphatic heterocycles. The summed E-state index contributed by atoms with van der Waals surface area (Å²) < 4.78 is 5.37. The maximum atomic E-state index is 12.3. The number of aryl methyl sites for hydroxylation is 1. The summed E-state index contributed by atoms with van der Waals surface area (Å²) in [4.78, 5) is 18.5. The molecule has 0 fully saturated rings. The van der Waals surface area contributed by atoms with E-state index in [-0.39, 0.29) is 5.91 Å². The second kappa shape index (κ2) is 7.05. The van der Waals surface area contributed by atoms with Gasteiger partial charge < -0.3 is 9.32 Å². The van der Waals surface area contributed by atoms with E-state index in [1.165, 1.54) is 0 Å². The van der Waals surface area contributed by atoms with Crippen LogP contribution in [-0.2, 0) is 17.9 Å². The van der Waals surface area contributed by atoms with Crippen molar-refractivity contribution in [2.75, 3.05) is 0 Å². The van der Waals surface area contributed by atoms with Crippen LogP contribution in [-0.4, -0.2) is 15.8 Å². The van der Waals surface area contributed by atoms with Crippen LogP contribution in [0.2, 0.25) is 5.15 Å². The van der Waals surface area contributed by atoms with Gasteiger partial charge >= 0.3 is 0 Å². The zero-order valence-corrected chi connectivity index (χ0v) is 14.5. The highest BCUT2D eigenvalue weighted by molar-refractivity contribution is 6.30. The quantitative estimate of drug-likeness (QED) is 0.630. The van der Waals surface area contributed by atoms with E-state index < -0.39 is 0 Å². The van der Waals surface area contributed by atoms with Crippen LogP contribution in [0, 0.1) is 6.92 Å². The molecule has 0 bridgehead atoms. The molecule has 1 amide bonds. The Morgan fingerprint density at radius 2 is 2.08 bits per heavy atom. The number of pyridine rings is 1. The molecule has 3 rings (SSSR count). The zero-order chi connectivity index (χ0) is 17.1. The Kier molecular flexibility index (Phi) is 4.86. The van der Waals surface area contributed by atoms with E-state index in [1.54, 1.807) is 11.2 Å². The predicted octanol–water partition coefficient (Wildman–Crippen LogP) is 4.73. The first-order valence-electron chi connectivity index (χ1n) is 7.93. The first-order valence-corrected chi connectivity index (χ1v) is 8.31. The molecule has 4 nitrogen and oxygen atoms in total. The van der Waals surface area contributed by atoms with E-state index in [0.29, 0.717) is 24.7 Å². The van der Waals surface area contributed by atoms with Crippen molar-refractivity contribution in [2.45, 2.75) is 33.4 Å². The number of carbonyl (C=O) groups excluding carboxylic acids is 1. The number of aromatic nitrogens is 1. The van der Waals surface area contributed by atoms with Crippen LogP contribution in [0.1, 0.15) is 30.2 Å². The van der Waals surface area contributed by atoms with Gasteiger partial charge in [0.25, 0.3) is 0 Å². The van der Waals surface area contributed by atoms with Gasteiger partial charge in [0.05, 0.1) is 18.3 Å². The Bertz CT molecular complexity index is 859. The third-order valence-corrected chi connectivity index (χ3v) is 4.34. The normalized spacial score (nSPS) is 11.0. The third kappa shape index (κ3) is 3.44. The Morgan fingerprint density at radius 1 is 1.25 bits per heavy atom. The van der Waals surface area contributed by atoms with Gasteiger partial charge in [0.1, 0.15) is 10.9 Å². The largest absolute Gasteiger partial charge is 0.467 e. The van der Waals surface area contributed by atoms with Crippen molar-refractivity contribution in [1.29, 1.82) is 0 Å². The maximum Gasteiger partial charge on any atom is 0.222 e. The minimum absolute atomic E-state index is 0.0480. The van der Waals surface area contributed by atoms with Crippen molar-refractivity contribution in [3.05, 3.63) is 64.7 Å². The van der Waals surface area contributed by atoms with Crippen molar-refractivity contribution in [2.24, 2.45) is 0 Å². The fraction of sp³-hybridized carbons (Fsp3) is 0.263. The zero-order valence-electron chi connectivity index (χ0n) is 13.8. The molecule has 5 heteroatoms. The molecule has 1 aromatic carbocycles. The van der Waals surface area contributed by atoms with Crippen molar-refractivity contribution in [3.8, 4) is 0 Å². The number of hydrogen-bond acceptors (Lipinski definition) is 3. The van der Waals surface area contributed by atoms with Crippen LogP contribution in [0.25, 0.3) is 10.9 Å². The molecule has 24 heavy (non-hydrogen) atoms. The molecular weight excluding hydrogens is 324 g/mol. The molecular formula is C19H19ClN2O2. The van der Waals surface area contributed by atoms with Gasteiger partial charge in [-0.2, -0.15) is 0 Å². The van der Waals surface area contributed by atoms with Gasteiger partial charge in [-0.25, -0.2) is 4.98 Å². The molecule has 2 aromatic heterocycles. The van der Waals surface area contributed by atoms with Crippen LogP contribution >= 0.6 is 11.6 Å². The SMILES string of the molecule is CCC(=O)N(Cc1ccco1)Cc1cc2cccc(C)c2nc1Cl. The molecule has 0 spiro atoms. The topological polar surface area (TPSA) is 46.3 Å². The van der Waals surface area contributed by atoms with Gasteiger partial charge in [-0.3, -0.25) is 4.79 Å². The van der Waals surface area contributed by atoms with Crippen molar-refractivity contribution < 1.29 is 9.21 Å². The average molecular weight is 343 g/mol. The molecule has 0 saturated heterocycles. The number of halogens is 1. The second-order valence-electron chi connectivity index (χ2n) is 5.77. The van der Waals surface area contributed by atoms with E-state index in [2.05, 4.69) is 4.98 Å². The number of furan rings is 1. The third-order valence-electron chi connectivity index (χ3n) is 4.02. The van der Waals surface area contributed by atoms with Crippen molar-refractivity contribution in [1.82, 2.24) is 9.88 Å². The summed E-state index contributed by atoms with van der Waals surface area (Å²) in [5.74, 6) is 0.796. The van der Waals surface area contributed by atoms with Gasteiger partial charge in [-0.05, 0) is 30.7 Å². The summed E-state index contributed by atoms with van der Waals surface area (Å²) in [7, 11) is 0. The van der Waals surface area contributed by atoms with E-state index in [1.807, 2.05) is 50.2 Å². The number of fused-ring (bicyclic) bond motifs is 1. The summed E-state index contributed by atoms with van der Waals surface area (Å²) in [5.41, 5.74) is 2.81. The molecule has 0 aliphatic rings. The minimum Gasteiger partial charge on any atom is -0.467 e. The minimum atomic E-state index is 0.0480. The molecule has 0 N–H and O–H groups in total. The number of rotatable bonds is 5. The first-order chi connectivity index (χ1) is 11.6. The van der Waals surface area contributed by atoms with Crippen LogP contribution < -0.4 is 0 Å². The van der Waals surface area contributed by atoms with Crippen LogP contribution in [0.4, 0.5) is 0 Å². The number of para-hydroxylation sites is 1. The fourth-order valence-corrected chi connectivity index (χ4v) is 2.93. The van der Waals surface area contributed by atoms with Crippen molar-refractivity contribution in [3.63, 3.8) is 0 Å². The van der Waals surface area contributed by atoms with Gasteiger partial charge in [0, 0.05) is 23.9 Å². The lowest BCUT2D eigenvalue weighted by Crippen LogP contribution is -2.29. The second-order valence-corrected chi connectivity index (χ2v) is 6.13. The van der Waals surface area contributed by atoms with E-state index >= 15 is 0 Å². The van der Waals surface area contributed by atoms with E-state index in [9.17, 15) is 4.79 Å². The Hall–Kier alpha value is -2.33. The molecule has 0 unspecified atom stereocenters. The highest BCUT2D eigenvalue weighted by Crippen LogP contribution is 2.24. The lowest BCUT2D eigenvalue weighted by atomic mass is 10.1. The smallest absolute Gasteiger partial charge is 0.222 e. The Balaban J connectivity index is 1.92. The molecule has 124 valence electrons. The standard InChI is InChI=1S/C19H19ClN2O2/c1-3-17(23)22(12-16-8-5-9-24-16)11-15-10-14-7-4-6-13(2)18(14)21-19(15)20/h4-10H,3,11-12H2,1-2H3. The average Bonchev–Trinajstić information content (AvgIpc) is 3.08. The molecule has 0 radical (unpaired) electrons. The Labute approximate surface area is 146 Å². The summed E-state index contributed by atoms with van der Waals surface area (Å²) in [6, 6.07) is 11.7. The van der Waals surface area contributed by atoms with Crippen LogP contribution in [0.15, 0.2) is 47.1 Å². The van der Waals surface area contributed by atoms with Gasteiger partial charge in [-0.15, -0.1) is 0 Å². The molecule has 3 aromatic rings. The Morgan fingerprint density at radius 3 is 2.79 bits per heavy atom. The number of benzene rings is 1. The van der Waals surface area contributed by atoms with E-state index in [4.69, 9.17) is 16.0 Å². The number of nitrogens with zero attached hydrogens (tertiary/aromatic N) is 2. The first kappa shape index (κ1) is 16.5. The number of amides is 1. The molecule has 0 atom stereocenters. The summed E-state index contributed by atoms with van der Waals surface area (Å²) in [6.45, 7) is 4.68. The van der Waals surface area contributed by atoms with Crippen LogP contribution in [0.5, 0.6) is 0 Å². The number of hydrogen-bond donors (Lipinski definition) is 0. The fourth-order valence-electron chi connectivity index (χ4n) is 2.73. The highest BCUT2D eigenvalue weighted by atomic mass is 35.5. The molecule has 0 aliphatic carbocycles. The summed E-state index contributed by atoms with van der Waals surface area (Å²) in [5, 5.41) is 1.46. The van der Waals surface area contributed by atoms with Gasteiger partial charge in [0.2, 0.25) is 5.91 Å². The number of carbonyl (C=O) groups is 1. The summed E-state index contributed by atoms with van der Waals surface area (Å²) in [6.07, 6.45) is 2.04. The lowest BCUT2D eigenvalue weighted by Gasteiger charge is -2.22. The molecule has 0 saturated carbocycles. The predicted molar refractivity (Wildman–Crippen MR) is 94.7 cm³/mol. The monoisotopic (exact) mass is 342 g/mol. The highest BCUT2D eigenvalue weighted by Gasteiger charge is 2.17. The van der Waals surface area contributed by atoms with Gasteiger partial charge in [0.15, 0.2) is 0 Å². The molecule has 2 heterocycles. The van der Waals surface area contributed by atoms with Crippen molar-refractivity contribution >= 4 is 28.4 Å². The van der Waals surface area contributed by atoms with Gasteiger partial charge in [-0.1, -0.05) is 36.7 Å². The summed E-state index contributed by atoms with van der Waals surface area (Å²) >= 11 is 6.38.